The highest BCUT2D eigenvalue weighted by molar-refractivity contribution is 5.75. The second-order valence-corrected chi connectivity index (χ2v) is 1.99. The number of nitrogens with zero attached hydrogens (tertiary/aromatic N) is 2. The molecule has 0 spiro atoms. The van der Waals surface area contributed by atoms with Crippen LogP contribution in [0.15, 0.2) is 30.7 Å². The van der Waals surface area contributed by atoms with Crippen molar-refractivity contribution >= 4 is 10.9 Å². The van der Waals surface area contributed by atoms with Crippen LogP contribution in [0.25, 0.3) is 10.9 Å². The van der Waals surface area contributed by atoms with E-state index in [0.29, 0.717) is 0 Å². The van der Waals surface area contributed by atoms with Gasteiger partial charge in [0.1, 0.15) is 0 Å². The highest BCUT2D eigenvalue weighted by Crippen LogP contribution is 2.05. The van der Waals surface area contributed by atoms with Gasteiger partial charge in [0.25, 0.3) is 0 Å². The van der Waals surface area contributed by atoms with Crippen LogP contribution in [0.2, 0.25) is 0 Å². The molecular formula is C8H5N2. The van der Waals surface area contributed by atoms with E-state index in [4.69, 9.17) is 0 Å². The third kappa shape index (κ3) is 0.739. The number of aromatic nitrogens is 2. The fraction of sp³-hybridized carbons (Fsp3) is 0. The molecule has 0 aliphatic rings. The summed E-state index contributed by atoms with van der Waals surface area (Å²) in [7, 11) is 0. The molecule has 2 aromatic heterocycles. The largest absolute Gasteiger partial charge is 0.262 e. The van der Waals surface area contributed by atoms with E-state index in [1.165, 1.54) is 0 Å². The van der Waals surface area contributed by atoms with Crippen LogP contribution in [0.5, 0.6) is 0 Å². The quantitative estimate of drug-likeness (QED) is 0.537. The van der Waals surface area contributed by atoms with Crippen molar-refractivity contribution in [2.24, 2.45) is 0 Å². The second-order valence-electron chi connectivity index (χ2n) is 1.99. The van der Waals surface area contributed by atoms with Crippen molar-refractivity contribution in [2.45, 2.75) is 0 Å². The predicted molar refractivity (Wildman–Crippen MR) is 38.4 cm³/mol. The van der Waals surface area contributed by atoms with Gasteiger partial charge >= 0.3 is 0 Å². The topological polar surface area (TPSA) is 25.8 Å². The summed E-state index contributed by atoms with van der Waals surface area (Å²) < 4.78 is 0. The molecule has 0 bridgehead atoms. The summed E-state index contributed by atoms with van der Waals surface area (Å²) in [6.45, 7) is 0. The lowest BCUT2D eigenvalue weighted by Crippen LogP contribution is -1.77. The monoisotopic (exact) mass is 129 g/mol. The minimum atomic E-state index is 0.894. The van der Waals surface area contributed by atoms with Gasteiger partial charge < -0.3 is 0 Å². The molecule has 0 atom stereocenters. The molecule has 0 amide bonds. The van der Waals surface area contributed by atoms with Gasteiger partial charge in [0.15, 0.2) is 0 Å². The Labute approximate surface area is 58.6 Å². The maximum atomic E-state index is 4.09. The number of fused-ring (bicyclic) bond motifs is 1. The molecule has 2 heteroatoms. The summed E-state index contributed by atoms with van der Waals surface area (Å²) in [6, 6.07) is 6.83. The Kier molecular flexibility index (Phi) is 1.10. The molecule has 0 aromatic carbocycles. The molecule has 1 radical (unpaired) electrons. The third-order valence-corrected chi connectivity index (χ3v) is 1.33. The fourth-order valence-electron chi connectivity index (χ4n) is 0.857. The fourth-order valence-corrected chi connectivity index (χ4v) is 0.857. The third-order valence-electron chi connectivity index (χ3n) is 1.33. The standard InChI is InChI=1S/C8H5N2/c1-2-7-3-5-9-6-8(7)10-4-1/h1-2,4-6H. The van der Waals surface area contributed by atoms with Crippen LogP contribution in [0.1, 0.15) is 0 Å². The van der Waals surface area contributed by atoms with Crippen LogP contribution >= 0.6 is 0 Å². The van der Waals surface area contributed by atoms with E-state index in [-0.39, 0.29) is 0 Å². The van der Waals surface area contributed by atoms with Crippen molar-refractivity contribution in [1.29, 1.82) is 0 Å². The summed E-state index contributed by atoms with van der Waals surface area (Å²) in [5, 5.41) is 1.01. The highest BCUT2D eigenvalue weighted by atomic mass is 14.7. The highest BCUT2D eigenvalue weighted by Gasteiger charge is 1.88. The van der Waals surface area contributed by atoms with Gasteiger partial charge in [-0.15, -0.1) is 0 Å². The molecular weight excluding hydrogens is 124 g/mol. The van der Waals surface area contributed by atoms with Gasteiger partial charge in [-0.2, -0.15) is 0 Å². The van der Waals surface area contributed by atoms with Crippen LogP contribution in [-0.4, -0.2) is 9.97 Å². The first-order chi connectivity index (χ1) is 4.97. The van der Waals surface area contributed by atoms with Crippen LogP contribution < -0.4 is 0 Å². The van der Waals surface area contributed by atoms with Gasteiger partial charge in [-0.05, 0) is 6.07 Å². The van der Waals surface area contributed by atoms with Gasteiger partial charge in [0.2, 0.25) is 0 Å². The van der Waals surface area contributed by atoms with Crippen LogP contribution in [0.3, 0.4) is 0 Å². The van der Waals surface area contributed by atoms with Gasteiger partial charge in [-0.3, -0.25) is 9.97 Å². The molecule has 2 rings (SSSR count). The van der Waals surface area contributed by atoms with Gasteiger partial charge in [0.05, 0.1) is 11.7 Å². The average molecular weight is 129 g/mol. The van der Waals surface area contributed by atoms with Crippen molar-refractivity contribution in [1.82, 2.24) is 9.97 Å². The smallest absolute Gasteiger partial charge is 0.0891 e. The van der Waals surface area contributed by atoms with Crippen LogP contribution in [0, 0.1) is 6.07 Å². The molecule has 2 nitrogen and oxygen atoms in total. The zero-order chi connectivity index (χ0) is 6.81. The molecule has 2 aromatic rings. The maximum Gasteiger partial charge on any atom is 0.0891 e. The van der Waals surface area contributed by atoms with Crippen molar-refractivity contribution < 1.29 is 0 Å². The summed E-state index contributed by atoms with van der Waals surface area (Å²) >= 11 is 0. The first-order valence-corrected chi connectivity index (χ1v) is 3.03. The molecule has 0 N–H and O–H groups in total. The molecule has 0 unspecified atom stereocenters. The lowest BCUT2D eigenvalue weighted by atomic mass is 10.3. The van der Waals surface area contributed by atoms with E-state index in [2.05, 4.69) is 16.0 Å². The van der Waals surface area contributed by atoms with Crippen LogP contribution in [-0.2, 0) is 0 Å². The van der Waals surface area contributed by atoms with Gasteiger partial charge in [0, 0.05) is 23.8 Å². The normalized spacial score (nSPS) is 10.0. The predicted octanol–water partition coefficient (Wildman–Crippen LogP) is 1.43. The van der Waals surface area contributed by atoms with Crippen molar-refractivity contribution in [3.63, 3.8) is 0 Å². The van der Waals surface area contributed by atoms with E-state index < -0.39 is 0 Å². The van der Waals surface area contributed by atoms with Crippen molar-refractivity contribution in [2.75, 3.05) is 0 Å². The SMILES string of the molecule is [c]1cncc2ncccc12. The first-order valence-electron chi connectivity index (χ1n) is 3.03. The zero-order valence-corrected chi connectivity index (χ0v) is 5.28. The van der Waals surface area contributed by atoms with Gasteiger partial charge in [-0.25, -0.2) is 0 Å². The summed E-state index contributed by atoms with van der Waals surface area (Å²) in [6.07, 6.45) is 5.12. The molecule has 0 fully saturated rings. The Hall–Kier alpha value is -1.44. The van der Waals surface area contributed by atoms with Crippen molar-refractivity contribution in [3.8, 4) is 0 Å². The minimum Gasteiger partial charge on any atom is -0.262 e. The molecule has 0 aliphatic heterocycles. The Bertz CT molecular complexity index is 278. The van der Waals surface area contributed by atoms with E-state index >= 15 is 0 Å². The molecule has 10 heavy (non-hydrogen) atoms. The number of rotatable bonds is 0. The van der Waals surface area contributed by atoms with E-state index in [0.717, 1.165) is 10.9 Å². The number of hydrogen-bond acceptors (Lipinski definition) is 2. The Morgan fingerprint density at radius 3 is 3.30 bits per heavy atom. The molecule has 0 aliphatic carbocycles. The lowest BCUT2D eigenvalue weighted by molar-refractivity contribution is 1.31. The maximum absolute atomic E-state index is 4.09. The molecule has 0 saturated heterocycles. The molecule has 2 heterocycles. The van der Waals surface area contributed by atoms with E-state index in [1.807, 2.05) is 12.1 Å². The number of pyridine rings is 2. The van der Waals surface area contributed by atoms with Crippen molar-refractivity contribution in [3.05, 3.63) is 36.8 Å². The summed E-state index contributed by atoms with van der Waals surface area (Å²) in [4.78, 5) is 7.98. The first kappa shape index (κ1) is 5.35. The second kappa shape index (κ2) is 2.06. The summed E-state index contributed by atoms with van der Waals surface area (Å²) in [5.41, 5.74) is 0.894. The average Bonchev–Trinajstić information content (AvgIpc) is 2.05. The summed E-state index contributed by atoms with van der Waals surface area (Å²) in [5.74, 6) is 0. The lowest BCUT2D eigenvalue weighted by Gasteiger charge is -1.90. The zero-order valence-electron chi connectivity index (χ0n) is 5.28. The van der Waals surface area contributed by atoms with E-state index in [9.17, 15) is 0 Å². The Morgan fingerprint density at radius 1 is 1.40 bits per heavy atom. The number of hydrogen-bond donors (Lipinski definition) is 0. The van der Waals surface area contributed by atoms with E-state index in [1.54, 1.807) is 18.6 Å². The Morgan fingerprint density at radius 2 is 2.40 bits per heavy atom. The minimum absolute atomic E-state index is 0.894. The van der Waals surface area contributed by atoms with Crippen LogP contribution in [0.4, 0.5) is 0 Å². The Balaban J connectivity index is 2.89. The molecule has 47 valence electrons. The molecule has 0 saturated carbocycles. The van der Waals surface area contributed by atoms with Gasteiger partial charge in [-0.1, -0.05) is 6.07 Å².